The SMILES string of the molecule is CC[C@@H](C)N1C(=O)S/C(=C/c2cc(I)c(OCC(=O)Nc3ccccc3)c(OC)c2)C1=O. The summed E-state index contributed by atoms with van der Waals surface area (Å²) in [6.45, 7) is 3.60. The number of ether oxygens (including phenoxy) is 2. The molecule has 1 aliphatic heterocycles. The summed E-state index contributed by atoms with van der Waals surface area (Å²) in [4.78, 5) is 38.8. The van der Waals surface area contributed by atoms with Crippen LogP contribution >= 0.6 is 34.4 Å². The molecule has 0 radical (unpaired) electrons. The fourth-order valence-corrected chi connectivity index (χ4v) is 4.72. The van der Waals surface area contributed by atoms with Crippen molar-refractivity contribution in [3.8, 4) is 11.5 Å². The Hall–Kier alpha value is -2.53. The van der Waals surface area contributed by atoms with Crippen molar-refractivity contribution in [1.29, 1.82) is 0 Å². The number of hydrogen-bond acceptors (Lipinski definition) is 6. The van der Waals surface area contributed by atoms with Crippen LogP contribution in [-0.2, 0) is 9.59 Å². The highest BCUT2D eigenvalue weighted by Crippen LogP contribution is 2.38. The lowest BCUT2D eigenvalue weighted by Gasteiger charge is -2.19. The molecule has 7 nitrogen and oxygen atoms in total. The Labute approximate surface area is 204 Å². The number of carbonyl (C=O) groups is 3. The lowest BCUT2D eigenvalue weighted by molar-refractivity contribution is -0.124. The van der Waals surface area contributed by atoms with Crippen LogP contribution in [0.1, 0.15) is 25.8 Å². The Morgan fingerprint density at radius 2 is 1.97 bits per heavy atom. The van der Waals surface area contributed by atoms with Crippen LogP contribution in [0.2, 0.25) is 0 Å². The maximum atomic E-state index is 12.7. The number of amides is 3. The molecule has 0 bridgehead atoms. The number of halogens is 1. The van der Waals surface area contributed by atoms with Crippen LogP contribution < -0.4 is 14.8 Å². The summed E-state index contributed by atoms with van der Waals surface area (Å²) < 4.78 is 11.9. The van der Waals surface area contributed by atoms with Gasteiger partial charge in [0.15, 0.2) is 18.1 Å². The molecule has 0 spiro atoms. The van der Waals surface area contributed by atoms with Crippen LogP contribution in [0.5, 0.6) is 11.5 Å². The Balaban J connectivity index is 1.75. The molecule has 1 heterocycles. The summed E-state index contributed by atoms with van der Waals surface area (Å²) in [5, 5.41) is 2.50. The molecule has 32 heavy (non-hydrogen) atoms. The number of anilines is 1. The number of methoxy groups -OCH3 is 1. The number of nitrogens with one attached hydrogen (secondary N) is 1. The highest BCUT2D eigenvalue weighted by Gasteiger charge is 2.37. The molecule has 1 fully saturated rings. The van der Waals surface area contributed by atoms with E-state index in [1.807, 2.05) is 38.1 Å². The molecule has 3 rings (SSSR count). The summed E-state index contributed by atoms with van der Waals surface area (Å²) in [7, 11) is 1.50. The van der Waals surface area contributed by atoms with E-state index in [0.717, 1.165) is 11.8 Å². The van der Waals surface area contributed by atoms with Gasteiger partial charge >= 0.3 is 0 Å². The van der Waals surface area contributed by atoms with Gasteiger partial charge in [0.05, 0.1) is 15.6 Å². The van der Waals surface area contributed by atoms with Crippen LogP contribution in [0.25, 0.3) is 6.08 Å². The minimum atomic E-state index is -0.295. The summed E-state index contributed by atoms with van der Waals surface area (Å²) in [5.41, 5.74) is 1.38. The van der Waals surface area contributed by atoms with Crippen molar-refractivity contribution in [3.63, 3.8) is 0 Å². The van der Waals surface area contributed by atoms with Gasteiger partial charge in [-0.1, -0.05) is 25.1 Å². The van der Waals surface area contributed by atoms with Crippen molar-refractivity contribution < 1.29 is 23.9 Å². The molecule has 9 heteroatoms. The first-order chi connectivity index (χ1) is 15.3. The van der Waals surface area contributed by atoms with Gasteiger partial charge in [0.25, 0.3) is 17.1 Å². The number of nitrogens with zero attached hydrogens (tertiary/aromatic N) is 1. The summed E-state index contributed by atoms with van der Waals surface area (Å²) in [6, 6.07) is 12.5. The molecule has 3 amide bonds. The van der Waals surface area contributed by atoms with Crippen molar-refractivity contribution in [1.82, 2.24) is 4.90 Å². The molecule has 1 atom stereocenters. The number of para-hydroxylation sites is 1. The number of rotatable bonds is 8. The van der Waals surface area contributed by atoms with Crippen molar-refractivity contribution in [3.05, 3.63) is 56.5 Å². The fraction of sp³-hybridized carbons (Fsp3) is 0.261. The number of thioether (sulfide) groups is 1. The topological polar surface area (TPSA) is 84.9 Å². The molecule has 0 aliphatic carbocycles. The van der Waals surface area contributed by atoms with Gasteiger partial charge in [0.2, 0.25) is 0 Å². The summed E-state index contributed by atoms with van der Waals surface area (Å²) in [6.07, 6.45) is 2.37. The molecular weight excluding hydrogens is 543 g/mol. The van der Waals surface area contributed by atoms with E-state index >= 15 is 0 Å². The van der Waals surface area contributed by atoms with E-state index < -0.39 is 0 Å². The molecular formula is C23H23IN2O5S. The van der Waals surface area contributed by atoms with E-state index in [9.17, 15) is 14.4 Å². The maximum Gasteiger partial charge on any atom is 0.293 e. The zero-order chi connectivity index (χ0) is 23.3. The van der Waals surface area contributed by atoms with Gasteiger partial charge in [0.1, 0.15) is 0 Å². The molecule has 1 aliphatic rings. The van der Waals surface area contributed by atoms with Gasteiger partial charge in [-0.25, -0.2) is 0 Å². The Morgan fingerprint density at radius 3 is 2.62 bits per heavy atom. The monoisotopic (exact) mass is 566 g/mol. The number of hydrogen-bond donors (Lipinski definition) is 1. The molecule has 1 N–H and O–H groups in total. The summed E-state index contributed by atoms with van der Waals surface area (Å²) in [5.74, 6) is 0.274. The third kappa shape index (κ3) is 5.63. The standard InChI is InChI=1S/C23H23IN2O5S/c1-4-14(2)26-22(28)19(32-23(26)29)12-15-10-17(24)21(18(11-15)30-3)31-13-20(27)25-16-8-6-5-7-9-16/h5-12,14H,4,13H2,1-3H3,(H,25,27)/b19-12+/t14-/m1/s1. The normalized spacial score (nSPS) is 15.8. The highest BCUT2D eigenvalue weighted by molar-refractivity contribution is 14.1. The zero-order valence-electron chi connectivity index (χ0n) is 17.9. The van der Waals surface area contributed by atoms with Gasteiger partial charge in [-0.2, -0.15) is 0 Å². The lowest BCUT2D eigenvalue weighted by atomic mass is 10.1. The first-order valence-electron chi connectivity index (χ1n) is 9.96. The number of imide groups is 1. The second-order valence-electron chi connectivity index (χ2n) is 7.05. The second-order valence-corrected chi connectivity index (χ2v) is 9.20. The van der Waals surface area contributed by atoms with Crippen LogP contribution in [0.15, 0.2) is 47.4 Å². The Bertz CT molecular complexity index is 1060. The average molecular weight is 566 g/mol. The third-order valence-electron chi connectivity index (χ3n) is 4.81. The molecule has 2 aromatic rings. The second kappa shape index (κ2) is 10.9. The van der Waals surface area contributed by atoms with E-state index in [1.165, 1.54) is 12.0 Å². The first kappa shape index (κ1) is 24.1. The van der Waals surface area contributed by atoms with E-state index in [-0.39, 0.29) is 29.7 Å². The van der Waals surface area contributed by atoms with Crippen LogP contribution in [-0.4, -0.2) is 41.7 Å². The van der Waals surface area contributed by atoms with Gasteiger partial charge in [-0.15, -0.1) is 0 Å². The van der Waals surface area contributed by atoms with E-state index in [0.29, 0.717) is 37.6 Å². The minimum absolute atomic E-state index is 0.152. The Morgan fingerprint density at radius 1 is 1.25 bits per heavy atom. The fourth-order valence-electron chi connectivity index (χ4n) is 3.01. The van der Waals surface area contributed by atoms with Gasteiger partial charge in [-0.3, -0.25) is 19.3 Å². The molecule has 1 saturated heterocycles. The lowest BCUT2D eigenvalue weighted by Crippen LogP contribution is -2.36. The van der Waals surface area contributed by atoms with Crippen molar-refractivity contribution >= 4 is 63.2 Å². The molecule has 0 unspecified atom stereocenters. The van der Waals surface area contributed by atoms with Crippen LogP contribution in [0.4, 0.5) is 10.5 Å². The molecule has 0 aromatic heterocycles. The zero-order valence-corrected chi connectivity index (χ0v) is 20.9. The van der Waals surface area contributed by atoms with Crippen molar-refractivity contribution in [2.75, 3.05) is 19.0 Å². The predicted octanol–water partition coefficient (Wildman–Crippen LogP) is 5.15. The van der Waals surface area contributed by atoms with E-state index in [2.05, 4.69) is 27.9 Å². The van der Waals surface area contributed by atoms with Crippen LogP contribution in [0.3, 0.4) is 0 Å². The van der Waals surface area contributed by atoms with Crippen LogP contribution in [0, 0.1) is 3.57 Å². The van der Waals surface area contributed by atoms with Gasteiger partial charge in [-0.05, 0) is 83.6 Å². The highest BCUT2D eigenvalue weighted by atomic mass is 127. The van der Waals surface area contributed by atoms with Gasteiger partial charge < -0.3 is 14.8 Å². The summed E-state index contributed by atoms with van der Waals surface area (Å²) >= 11 is 3.02. The van der Waals surface area contributed by atoms with E-state index in [4.69, 9.17) is 9.47 Å². The molecule has 168 valence electrons. The van der Waals surface area contributed by atoms with E-state index in [1.54, 1.807) is 24.3 Å². The quantitative estimate of drug-likeness (QED) is 0.352. The average Bonchev–Trinajstić information content (AvgIpc) is 3.05. The number of carbonyl (C=O) groups excluding carboxylic acids is 3. The van der Waals surface area contributed by atoms with Gasteiger partial charge in [0, 0.05) is 11.7 Å². The largest absolute Gasteiger partial charge is 0.493 e. The minimum Gasteiger partial charge on any atom is -0.493 e. The number of benzene rings is 2. The smallest absolute Gasteiger partial charge is 0.293 e. The third-order valence-corrected chi connectivity index (χ3v) is 6.49. The Kier molecular flexibility index (Phi) is 8.19. The molecule has 2 aromatic carbocycles. The predicted molar refractivity (Wildman–Crippen MR) is 134 cm³/mol. The van der Waals surface area contributed by atoms with Crippen molar-refractivity contribution in [2.45, 2.75) is 26.3 Å². The maximum absolute atomic E-state index is 12.7. The first-order valence-corrected chi connectivity index (χ1v) is 11.9. The van der Waals surface area contributed by atoms with Crippen molar-refractivity contribution in [2.24, 2.45) is 0 Å². The molecule has 0 saturated carbocycles.